The molecule has 6 heteroatoms. The van der Waals surface area contributed by atoms with Gasteiger partial charge in [-0.25, -0.2) is 8.42 Å². The first kappa shape index (κ1) is 31.7. The second kappa shape index (κ2) is 23.2. The van der Waals surface area contributed by atoms with Gasteiger partial charge >= 0.3 is 51.4 Å². The SMILES string of the molecule is CCCCCCCCCCCCCCCCCC(CCCCO)S(=O)(=O)[O-].[K+]. The Morgan fingerprint density at radius 1 is 0.643 bits per heavy atom. The van der Waals surface area contributed by atoms with Crippen molar-refractivity contribution in [1.82, 2.24) is 0 Å². The van der Waals surface area contributed by atoms with Gasteiger partial charge in [-0.15, -0.1) is 0 Å². The van der Waals surface area contributed by atoms with Crippen molar-refractivity contribution in [2.75, 3.05) is 6.61 Å². The summed E-state index contributed by atoms with van der Waals surface area (Å²) >= 11 is 0. The van der Waals surface area contributed by atoms with E-state index in [1.807, 2.05) is 0 Å². The molecule has 0 fully saturated rings. The molecule has 1 atom stereocenters. The summed E-state index contributed by atoms with van der Waals surface area (Å²) in [5.41, 5.74) is 0. The van der Waals surface area contributed by atoms with E-state index in [1.54, 1.807) is 0 Å². The molecule has 0 heterocycles. The van der Waals surface area contributed by atoms with Gasteiger partial charge in [-0.05, 0) is 25.7 Å². The second-order valence-electron chi connectivity index (χ2n) is 8.07. The minimum atomic E-state index is -4.20. The molecular weight excluding hydrogens is 399 g/mol. The molecule has 1 unspecified atom stereocenters. The van der Waals surface area contributed by atoms with Crippen LogP contribution in [0.5, 0.6) is 0 Å². The largest absolute Gasteiger partial charge is 1.00 e. The van der Waals surface area contributed by atoms with E-state index in [2.05, 4.69) is 6.92 Å². The van der Waals surface area contributed by atoms with Crippen LogP contribution < -0.4 is 51.4 Å². The van der Waals surface area contributed by atoms with Crippen LogP contribution in [0.3, 0.4) is 0 Å². The summed E-state index contributed by atoms with van der Waals surface area (Å²) in [6.07, 6.45) is 21.3. The molecular formula is C22H45KO4S. The van der Waals surface area contributed by atoms with Crippen molar-refractivity contribution in [1.29, 1.82) is 0 Å². The van der Waals surface area contributed by atoms with E-state index >= 15 is 0 Å². The van der Waals surface area contributed by atoms with Gasteiger partial charge in [0, 0.05) is 11.9 Å². The average Bonchev–Trinajstić information content (AvgIpc) is 2.62. The van der Waals surface area contributed by atoms with Crippen molar-refractivity contribution in [3.8, 4) is 0 Å². The molecule has 0 aromatic carbocycles. The maximum Gasteiger partial charge on any atom is 1.00 e. The van der Waals surface area contributed by atoms with E-state index in [9.17, 15) is 13.0 Å². The van der Waals surface area contributed by atoms with Gasteiger partial charge in [0.2, 0.25) is 0 Å². The fraction of sp³-hybridized carbons (Fsp3) is 1.00. The Kier molecular flexibility index (Phi) is 26.2. The zero-order valence-corrected chi connectivity index (χ0v) is 22.7. The van der Waals surface area contributed by atoms with Crippen LogP contribution in [0.15, 0.2) is 0 Å². The quantitative estimate of drug-likeness (QED) is 0.167. The van der Waals surface area contributed by atoms with E-state index < -0.39 is 15.4 Å². The first-order valence-corrected chi connectivity index (χ1v) is 13.0. The van der Waals surface area contributed by atoms with Gasteiger partial charge in [0.25, 0.3) is 0 Å². The minimum Gasteiger partial charge on any atom is -0.748 e. The number of hydrogen-bond acceptors (Lipinski definition) is 4. The molecule has 4 nitrogen and oxygen atoms in total. The Balaban J connectivity index is 0. The summed E-state index contributed by atoms with van der Waals surface area (Å²) in [5, 5.41) is 8.01. The van der Waals surface area contributed by atoms with Crippen LogP contribution in [-0.4, -0.2) is 29.9 Å². The van der Waals surface area contributed by atoms with E-state index in [0.29, 0.717) is 25.7 Å². The van der Waals surface area contributed by atoms with Crippen molar-refractivity contribution >= 4 is 10.1 Å². The number of hydrogen-bond donors (Lipinski definition) is 1. The number of unbranched alkanes of at least 4 members (excludes halogenated alkanes) is 15. The summed E-state index contributed by atoms with van der Waals surface area (Å²) < 4.78 is 33.9. The first-order valence-electron chi connectivity index (χ1n) is 11.6. The van der Waals surface area contributed by atoms with Gasteiger partial charge in [0.1, 0.15) is 0 Å². The third kappa shape index (κ3) is 22.2. The molecule has 0 aliphatic rings. The average molecular weight is 445 g/mol. The van der Waals surface area contributed by atoms with Crippen molar-refractivity contribution in [2.45, 2.75) is 134 Å². The Hall–Kier alpha value is 1.51. The number of rotatable bonds is 21. The van der Waals surface area contributed by atoms with E-state index in [0.717, 1.165) is 19.3 Å². The van der Waals surface area contributed by atoms with Crippen molar-refractivity contribution in [3.63, 3.8) is 0 Å². The third-order valence-electron chi connectivity index (χ3n) is 5.47. The van der Waals surface area contributed by atoms with Crippen LogP contribution in [0.25, 0.3) is 0 Å². The molecule has 0 radical (unpaired) electrons. The molecule has 0 rings (SSSR count). The Bertz CT molecular complexity index is 401. The van der Waals surface area contributed by atoms with Crippen molar-refractivity contribution in [2.24, 2.45) is 0 Å². The van der Waals surface area contributed by atoms with Gasteiger partial charge in [-0.2, -0.15) is 0 Å². The van der Waals surface area contributed by atoms with Crippen LogP contribution in [0.1, 0.15) is 129 Å². The number of aliphatic hydroxyl groups excluding tert-OH is 1. The molecule has 0 aliphatic carbocycles. The molecule has 0 saturated heterocycles. The predicted octanol–water partition coefficient (Wildman–Crippen LogP) is 3.33. The second-order valence-corrected chi connectivity index (χ2v) is 9.72. The third-order valence-corrected chi connectivity index (χ3v) is 6.76. The van der Waals surface area contributed by atoms with E-state index in [1.165, 1.54) is 77.0 Å². The van der Waals surface area contributed by atoms with Crippen LogP contribution in [0, 0.1) is 0 Å². The van der Waals surface area contributed by atoms with Crippen LogP contribution in [0.4, 0.5) is 0 Å². The molecule has 0 aromatic heterocycles. The molecule has 0 saturated carbocycles. The maximum atomic E-state index is 11.3. The van der Waals surface area contributed by atoms with Gasteiger partial charge in [-0.3, -0.25) is 0 Å². The molecule has 0 spiro atoms. The van der Waals surface area contributed by atoms with Gasteiger partial charge in [0.15, 0.2) is 0 Å². The summed E-state index contributed by atoms with van der Waals surface area (Å²) in [6, 6.07) is 0. The summed E-state index contributed by atoms with van der Waals surface area (Å²) in [4.78, 5) is 0. The zero-order valence-electron chi connectivity index (χ0n) is 18.8. The Labute approximate surface area is 218 Å². The fourth-order valence-electron chi connectivity index (χ4n) is 3.66. The molecule has 1 N–H and O–H groups in total. The molecule has 0 bridgehead atoms. The van der Waals surface area contributed by atoms with Crippen LogP contribution >= 0.6 is 0 Å². The summed E-state index contributed by atoms with van der Waals surface area (Å²) in [6.45, 7) is 2.32. The smallest absolute Gasteiger partial charge is 0.748 e. The molecule has 0 amide bonds. The van der Waals surface area contributed by atoms with Crippen molar-refractivity contribution < 1.29 is 69.5 Å². The summed E-state index contributed by atoms with van der Waals surface area (Å²) in [7, 11) is -4.20. The van der Waals surface area contributed by atoms with Crippen LogP contribution in [-0.2, 0) is 10.1 Å². The molecule has 28 heavy (non-hydrogen) atoms. The van der Waals surface area contributed by atoms with Gasteiger partial charge in [-0.1, -0.05) is 103 Å². The Morgan fingerprint density at radius 2 is 0.964 bits per heavy atom. The van der Waals surface area contributed by atoms with E-state index in [4.69, 9.17) is 5.11 Å². The van der Waals surface area contributed by atoms with Gasteiger partial charge in [0.05, 0.1) is 10.1 Å². The zero-order chi connectivity index (χ0) is 20.2. The predicted molar refractivity (Wildman–Crippen MR) is 114 cm³/mol. The monoisotopic (exact) mass is 444 g/mol. The first-order chi connectivity index (χ1) is 13.0. The normalized spacial score (nSPS) is 12.7. The van der Waals surface area contributed by atoms with Crippen LogP contribution in [0.2, 0.25) is 0 Å². The topological polar surface area (TPSA) is 77.4 Å². The Morgan fingerprint density at radius 3 is 1.29 bits per heavy atom. The van der Waals surface area contributed by atoms with E-state index in [-0.39, 0.29) is 58.0 Å². The molecule has 0 aromatic rings. The fourth-order valence-corrected chi connectivity index (χ4v) is 4.57. The molecule has 164 valence electrons. The maximum absolute atomic E-state index is 11.3. The van der Waals surface area contributed by atoms with Crippen molar-refractivity contribution in [3.05, 3.63) is 0 Å². The van der Waals surface area contributed by atoms with Gasteiger partial charge < -0.3 is 9.66 Å². The summed E-state index contributed by atoms with van der Waals surface area (Å²) in [5.74, 6) is 0. The molecule has 0 aliphatic heterocycles. The minimum absolute atomic E-state index is 0. The number of aliphatic hydroxyl groups is 1. The standard InChI is InChI=1S/C22H46O4S.K/c1-2-3-4-5-6-7-8-9-10-11-12-13-14-15-16-19-22(27(24,25)26)20-17-18-21-23;/h22-23H,2-21H2,1H3,(H,24,25,26);/q;+1/p-1.